The van der Waals surface area contributed by atoms with Gasteiger partial charge >= 0.3 is 0 Å². The Hall–Kier alpha value is -1.61. The Balaban J connectivity index is 1.87. The number of nitrogens with zero attached hydrogens (tertiary/aromatic N) is 1. The Labute approximate surface area is 140 Å². The molecule has 0 aromatic heterocycles. The Morgan fingerprint density at radius 1 is 1.09 bits per heavy atom. The molecular formula is C19H20BrNO. The minimum absolute atomic E-state index is 0.211. The number of aryl methyl sites for hydroxylation is 1. The predicted molar refractivity (Wildman–Crippen MR) is 94.2 cm³/mol. The number of fused-ring (bicyclic) bond motifs is 1. The summed E-state index contributed by atoms with van der Waals surface area (Å²) in [5.41, 5.74) is 4.80. The van der Waals surface area contributed by atoms with Gasteiger partial charge in [0.15, 0.2) is 0 Å². The van der Waals surface area contributed by atoms with Gasteiger partial charge in [-0.2, -0.15) is 0 Å². The lowest BCUT2D eigenvalue weighted by Crippen LogP contribution is -2.34. The molecule has 1 heterocycles. The lowest BCUT2D eigenvalue weighted by Gasteiger charge is -2.29. The molecule has 0 radical (unpaired) electrons. The van der Waals surface area contributed by atoms with Crippen molar-refractivity contribution < 1.29 is 4.79 Å². The molecule has 1 amide bonds. The molecule has 2 aromatic rings. The first-order chi connectivity index (χ1) is 10.5. The molecule has 0 N–H and O–H groups in total. The van der Waals surface area contributed by atoms with E-state index in [9.17, 15) is 4.79 Å². The second-order valence-corrected chi connectivity index (χ2v) is 7.06. The van der Waals surface area contributed by atoms with Gasteiger partial charge in [0.2, 0.25) is 5.91 Å². The van der Waals surface area contributed by atoms with Crippen molar-refractivity contribution in [1.82, 2.24) is 0 Å². The van der Waals surface area contributed by atoms with Gasteiger partial charge in [-0.1, -0.05) is 54.0 Å². The van der Waals surface area contributed by atoms with Crippen LogP contribution in [0.4, 0.5) is 5.69 Å². The van der Waals surface area contributed by atoms with Crippen LogP contribution in [0.3, 0.4) is 0 Å². The van der Waals surface area contributed by atoms with Gasteiger partial charge in [0, 0.05) is 16.6 Å². The van der Waals surface area contributed by atoms with Crippen LogP contribution in [0.15, 0.2) is 46.9 Å². The van der Waals surface area contributed by atoms with E-state index in [-0.39, 0.29) is 5.91 Å². The summed E-state index contributed by atoms with van der Waals surface area (Å²) in [6.07, 6.45) is 1.42. The summed E-state index contributed by atoms with van der Waals surface area (Å²) >= 11 is 3.51. The number of amides is 1. The van der Waals surface area contributed by atoms with Crippen molar-refractivity contribution in [3.05, 3.63) is 63.6 Å². The van der Waals surface area contributed by atoms with E-state index in [0.29, 0.717) is 18.9 Å². The Morgan fingerprint density at radius 2 is 1.82 bits per heavy atom. The molecule has 3 heteroatoms. The van der Waals surface area contributed by atoms with E-state index in [4.69, 9.17) is 0 Å². The molecular weight excluding hydrogens is 338 g/mol. The van der Waals surface area contributed by atoms with Crippen LogP contribution in [0, 0.1) is 0 Å². The first-order valence-electron chi connectivity index (χ1n) is 7.72. The van der Waals surface area contributed by atoms with E-state index in [1.54, 1.807) is 0 Å². The van der Waals surface area contributed by atoms with Gasteiger partial charge in [-0.3, -0.25) is 4.79 Å². The SMILES string of the molecule is CC(C)c1ccc(CN2C(=O)CCc3cc(Br)ccc32)cc1. The third kappa shape index (κ3) is 3.09. The number of benzene rings is 2. The third-order valence-electron chi connectivity index (χ3n) is 4.23. The van der Waals surface area contributed by atoms with Crippen LogP contribution in [0.5, 0.6) is 0 Å². The number of hydrogen-bond acceptors (Lipinski definition) is 1. The van der Waals surface area contributed by atoms with E-state index < -0.39 is 0 Å². The molecule has 0 aliphatic carbocycles. The standard InChI is InChI=1S/C19H20BrNO/c1-13(2)15-5-3-14(4-6-15)12-21-18-9-8-17(20)11-16(18)7-10-19(21)22/h3-6,8-9,11,13H,7,10,12H2,1-2H3. The van der Waals surface area contributed by atoms with Crippen molar-refractivity contribution in [2.24, 2.45) is 0 Å². The monoisotopic (exact) mass is 357 g/mol. The molecule has 0 fully saturated rings. The van der Waals surface area contributed by atoms with E-state index in [0.717, 1.165) is 16.6 Å². The van der Waals surface area contributed by atoms with Crippen LogP contribution in [0.25, 0.3) is 0 Å². The second-order valence-electron chi connectivity index (χ2n) is 6.15. The fourth-order valence-corrected chi connectivity index (χ4v) is 3.30. The minimum atomic E-state index is 0.211. The average Bonchev–Trinajstić information content (AvgIpc) is 2.50. The maximum atomic E-state index is 12.3. The van der Waals surface area contributed by atoms with Crippen LogP contribution in [-0.4, -0.2) is 5.91 Å². The molecule has 114 valence electrons. The number of halogens is 1. The minimum Gasteiger partial charge on any atom is -0.308 e. The molecule has 3 rings (SSSR count). The highest BCUT2D eigenvalue weighted by Crippen LogP contribution is 2.31. The zero-order valence-electron chi connectivity index (χ0n) is 13.0. The topological polar surface area (TPSA) is 20.3 Å². The van der Waals surface area contributed by atoms with E-state index in [1.165, 1.54) is 16.7 Å². The number of hydrogen-bond donors (Lipinski definition) is 0. The fraction of sp³-hybridized carbons (Fsp3) is 0.316. The summed E-state index contributed by atoms with van der Waals surface area (Å²) in [6, 6.07) is 14.8. The Morgan fingerprint density at radius 3 is 2.50 bits per heavy atom. The Kier molecular flexibility index (Phi) is 4.34. The maximum Gasteiger partial charge on any atom is 0.227 e. The van der Waals surface area contributed by atoms with Gasteiger partial charge < -0.3 is 4.90 Å². The quantitative estimate of drug-likeness (QED) is 0.752. The molecule has 0 unspecified atom stereocenters. The lowest BCUT2D eigenvalue weighted by molar-refractivity contribution is -0.119. The van der Waals surface area contributed by atoms with Crippen LogP contribution < -0.4 is 4.90 Å². The largest absolute Gasteiger partial charge is 0.308 e. The lowest BCUT2D eigenvalue weighted by atomic mass is 9.99. The van der Waals surface area contributed by atoms with E-state index >= 15 is 0 Å². The van der Waals surface area contributed by atoms with Crippen molar-refractivity contribution in [3.63, 3.8) is 0 Å². The van der Waals surface area contributed by atoms with Crippen molar-refractivity contribution >= 4 is 27.5 Å². The number of carbonyl (C=O) groups is 1. The molecule has 1 aliphatic rings. The smallest absolute Gasteiger partial charge is 0.227 e. The summed E-state index contributed by atoms with van der Waals surface area (Å²) in [5.74, 6) is 0.742. The summed E-state index contributed by atoms with van der Waals surface area (Å²) in [5, 5.41) is 0. The van der Waals surface area contributed by atoms with Gasteiger partial charge in [-0.05, 0) is 47.2 Å². The highest BCUT2D eigenvalue weighted by molar-refractivity contribution is 9.10. The number of rotatable bonds is 3. The highest BCUT2D eigenvalue weighted by atomic mass is 79.9. The average molecular weight is 358 g/mol. The van der Waals surface area contributed by atoms with Gasteiger partial charge in [0.1, 0.15) is 0 Å². The first kappa shape index (κ1) is 15.3. The first-order valence-corrected chi connectivity index (χ1v) is 8.51. The summed E-state index contributed by atoms with van der Waals surface area (Å²) < 4.78 is 1.07. The summed E-state index contributed by atoms with van der Waals surface area (Å²) in [4.78, 5) is 14.2. The van der Waals surface area contributed by atoms with Gasteiger partial charge in [-0.15, -0.1) is 0 Å². The zero-order chi connectivity index (χ0) is 15.7. The molecule has 1 aliphatic heterocycles. The van der Waals surface area contributed by atoms with Crippen molar-refractivity contribution in [2.75, 3.05) is 4.90 Å². The zero-order valence-corrected chi connectivity index (χ0v) is 14.6. The number of carbonyl (C=O) groups excluding carboxylic acids is 1. The molecule has 2 aromatic carbocycles. The van der Waals surface area contributed by atoms with Crippen molar-refractivity contribution in [3.8, 4) is 0 Å². The normalized spacial score (nSPS) is 14.4. The van der Waals surface area contributed by atoms with Gasteiger partial charge in [0.05, 0.1) is 6.54 Å². The van der Waals surface area contributed by atoms with Crippen molar-refractivity contribution in [2.45, 2.75) is 39.2 Å². The molecule has 2 nitrogen and oxygen atoms in total. The van der Waals surface area contributed by atoms with E-state index in [2.05, 4.69) is 60.1 Å². The highest BCUT2D eigenvalue weighted by Gasteiger charge is 2.24. The van der Waals surface area contributed by atoms with E-state index in [1.807, 2.05) is 17.0 Å². The van der Waals surface area contributed by atoms with Crippen LogP contribution in [0.2, 0.25) is 0 Å². The number of anilines is 1. The van der Waals surface area contributed by atoms with Crippen LogP contribution >= 0.6 is 15.9 Å². The molecule has 0 atom stereocenters. The van der Waals surface area contributed by atoms with Gasteiger partial charge in [-0.25, -0.2) is 0 Å². The molecule has 0 saturated carbocycles. The maximum absolute atomic E-state index is 12.3. The summed E-state index contributed by atoms with van der Waals surface area (Å²) in [6.45, 7) is 5.03. The second kappa shape index (κ2) is 6.25. The molecule has 0 bridgehead atoms. The molecule has 22 heavy (non-hydrogen) atoms. The molecule has 0 spiro atoms. The van der Waals surface area contributed by atoms with Crippen LogP contribution in [0.1, 0.15) is 42.9 Å². The van der Waals surface area contributed by atoms with Crippen molar-refractivity contribution in [1.29, 1.82) is 0 Å². The summed E-state index contributed by atoms with van der Waals surface area (Å²) in [7, 11) is 0. The fourth-order valence-electron chi connectivity index (χ4n) is 2.89. The molecule has 0 saturated heterocycles. The predicted octanol–water partition coefficient (Wildman–Crippen LogP) is 5.05. The van der Waals surface area contributed by atoms with Gasteiger partial charge in [0.25, 0.3) is 0 Å². The Bertz CT molecular complexity index is 691. The third-order valence-corrected chi connectivity index (χ3v) is 4.72. The van der Waals surface area contributed by atoms with Crippen LogP contribution in [-0.2, 0) is 17.8 Å².